The van der Waals surface area contributed by atoms with Crippen molar-refractivity contribution in [3.8, 4) is 0 Å². The zero-order valence-corrected chi connectivity index (χ0v) is 9.74. The Morgan fingerprint density at radius 2 is 1.56 bits per heavy atom. The van der Waals surface area contributed by atoms with Gasteiger partial charge >= 0.3 is 11.9 Å². The number of esters is 2. The molecule has 0 aliphatic heterocycles. The molecule has 0 radical (unpaired) electrons. The number of rotatable bonds is 7. The Morgan fingerprint density at radius 1 is 1.12 bits per heavy atom. The molecule has 0 saturated carbocycles. The van der Waals surface area contributed by atoms with Crippen molar-refractivity contribution in [3.63, 3.8) is 0 Å². The Hall–Kier alpha value is -1.59. The van der Waals surface area contributed by atoms with Crippen LogP contribution >= 0.6 is 0 Å². The van der Waals surface area contributed by atoms with E-state index in [1.165, 1.54) is 0 Å². The molecule has 6 heteroatoms. The van der Waals surface area contributed by atoms with Crippen molar-refractivity contribution >= 4 is 18.3 Å². The number of ether oxygens (including phenoxy) is 2. The first kappa shape index (κ1) is 14.4. The molecule has 0 atom stereocenters. The molecule has 6 nitrogen and oxygen atoms in total. The van der Waals surface area contributed by atoms with Gasteiger partial charge in [-0.1, -0.05) is 6.92 Å². The molecule has 1 amide bonds. The maximum absolute atomic E-state index is 11.7. The Morgan fingerprint density at radius 3 is 1.81 bits per heavy atom. The van der Waals surface area contributed by atoms with Gasteiger partial charge in [0.05, 0.1) is 13.2 Å². The molecule has 0 saturated heterocycles. The molecule has 1 N–H and O–H groups in total. The lowest BCUT2D eigenvalue weighted by Crippen LogP contribution is -2.58. The second-order valence-electron chi connectivity index (χ2n) is 2.96. The normalized spacial score (nSPS) is 10.4. The zero-order valence-electron chi connectivity index (χ0n) is 9.74. The lowest BCUT2D eigenvalue weighted by Gasteiger charge is -2.26. The summed E-state index contributed by atoms with van der Waals surface area (Å²) in [7, 11) is 0. The molecule has 0 spiro atoms. The van der Waals surface area contributed by atoms with Crippen molar-refractivity contribution in [1.82, 2.24) is 5.32 Å². The molecular weight excluding hydrogens is 214 g/mol. The first-order chi connectivity index (χ1) is 7.58. The van der Waals surface area contributed by atoms with E-state index < -0.39 is 17.5 Å². The molecule has 0 rings (SSSR count). The predicted molar refractivity (Wildman–Crippen MR) is 55.5 cm³/mol. The third-order valence-electron chi connectivity index (χ3n) is 2.08. The van der Waals surface area contributed by atoms with E-state index in [1.54, 1.807) is 20.8 Å². The van der Waals surface area contributed by atoms with Gasteiger partial charge in [-0.05, 0) is 20.3 Å². The van der Waals surface area contributed by atoms with Crippen LogP contribution in [0.2, 0.25) is 0 Å². The average Bonchev–Trinajstić information content (AvgIpc) is 2.26. The van der Waals surface area contributed by atoms with Crippen LogP contribution in [0.15, 0.2) is 0 Å². The van der Waals surface area contributed by atoms with Gasteiger partial charge in [-0.2, -0.15) is 0 Å². The first-order valence-corrected chi connectivity index (χ1v) is 5.14. The topological polar surface area (TPSA) is 81.7 Å². The second-order valence-corrected chi connectivity index (χ2v) is 2.96. The fourth-order valence-corrected chi connectivity index (χ4v) is 1.20. The Balaban J connectivity index is 5.04. The van der Waals surface area contributed by atoms with Crippen molar-refractivity contribution in [1.29, 1.82) is 0 Å². The highest BCUT2D eigenvalue weighted by Crippen LogP contribution is 2.14. The summed E-state index contributed by atoms with van der Waals surface area (Å²) >= 11 is 0. The monoisotopic (exact) mass is 231 g/mol. The van der Waals surface area contributed by atoms with E-state index >= 15 is 0 Å². The Kier molecular flexibility index (Phi) is 6.14. The van der Waals surface area contributed by atoms with E-state index in [0.717, 1.165) is 0 Å². The summed E-state index contributed by atoms with van der Waals surface area (Å²) < 4.78 is 9.51. The largest absolute Gasteiger partial charge is 0.464 e. The van der Waals surface area contributed by atoms with Crippen molar-refractivity contribution in [3.05, 3.63) is 0 Å². The molecule has 0 aliphatic carbocycles. The van der Waals surface area contributed by atoms with Gasteiger partial charge in [0.1, 0.15) is 0 Å². The molecule has 0 aromatic carbocycles. The highest BCUT2D eigenvalue weighted by atomic mass is 16.6. The van der Waals surface area contributed by atoms with Crippen LogP contribution in [0.25, 0.3) is 0 Å². The van der Waals surface area contributed by atoms with Gasteiger partial charge in [-0.3, -0.25) is 4.79 Å². The Labute approximate surface area is 94.3 Å². The number of nitrogens with one attached hydrogen (secondary N) is 1. The van der Waals surface area contributed by atoms with Gasteiger partial charge in [0.2, 0.25) is 11.9 Å². The summed E-state index contributed by atoms with van der Waals surface area (Å²) in [5.41, 5.74) is -1.73. The molecule has 0 heterocycles. The number of carbonyl (C=O) groups is 3. The molecule has 92 valence electrons. The summed E-state index contributed by atoms with van der Waals surface area (Å²) in [6.45, 7) is 5.07. The van der Waals surface area contributed by atoms with Crippen LogP contribution in [0.1, 0.15) is 27.2 Å². The SMILES string of the molecule is CCOC(=O)C(CC)(NC=O)C(=O)OCC. The van der Waals surface area contributed by atoms with Crippen LogP contribution in [0, 0.1) is 0 Å². The number of hydrogen-bond donors (Lipinski definition) is 1. The lowest BCUT2D eigenvalue weighted by atomic mass is 9.96. The third kappa shape index (κ3) is 2.95. The van der Waals surface area contributed by atoms with Crippen LogP contribution in [-0.4, -0.2) is 37.1 Å². The highest BCUT2D eigenvalue weighted by molar-refractivity contribution is 6.06. The smallest absolute Gasteiger partial charge is 0.343 e. The van der Waals surface area contributed by atoms with Crippen LogP contribution in [0.5, 0.6) is 0 Å². The van der Waals surface area contributed by atoms with Crippen molar-refractivity contribution in [2.24, 2.45) is 0 Å². The standard InChI is InChI=1S/C10H17NO5/c1-4-10(11-7-12,8(13)15-5-2)9(14)16-6-3/h7H,4-6H2,1-3H3,(H,11,12). The molecule has 0 bridgehead atoms. The van der Waals surface area contributed by atoms with Crippen LogP contribution in [0.4, 0.5) is 0 Å². The van der Waals surface area contributed by atoms with Crippen molar-refractivity contribution < 1.29 is 23.9 Å². The number of carbonyl (C=O) groups excluding carboxylic acids is 3. The molecule has 16 heavy (non-hydrogen) atoms. The minimum atomic E-state index is -1.73. The number of amides is 1. The van der Waals surface area contributed by atoms with Crippen LogP contribution in [0.3, 0.4) is 0 Å². The summed E-state index contributed by atoms with van der Waals surface area (Å²) in [6, 6.07) is 0. The average molecular weight is 231 g/mol. The molecule has 0 aromatic heterocycles. The summed E-state index contributed by atoms with van der Waals surface area (Å²) in [5, 5.41) is 2.19. The van der Waals surface area contributed by atoms with E-state index in [-0.39, 0.29) is 26.0 Å². The van der Waals surface area contributed by atoms with Gasteiger partial charge in [-0.15, -0.1) is 0 Å². The van der Waals surface area contributed by atoms with Gasteiger partial charge in [0, 0.05) is 0 Å². The van der Waals surface area contributed by atoms with Crippen molar-refractivity contribution in [2.45, 2.75) is 32.7 Å². The van der Waals surface area contributed by atoms with Crippen LogP contribution < -0.4 is 5.32 Å². The van der Waals surface area contributed by atoms with E-state index in [2.05, 4.69) is 5.32 Å². The van der Waals surface area contributed by atoms with E-state index in [4.69, 9.17) is 9.47 Å². The van der Waals surface area contributed by atoms with E-state index in [1.807, 2.05) is 0 Å². The summed E-state index contributed by atoms with van der Waals surface area (Å²) in [4.78, 5) is 33.8. The minimum absolute atomic E-state index is 0.0728. The van der Waals surface area contributed by atoms with Gasteiger partial charge in [0.15, 0.2) is 0 Å². The fourth-order valence-electron chi connectivity index (χ4n) is 1.20. The lowest BCUT2D eigenvalue weighted by molar-refractivity contribution is -0.167. The molecule has 0 aliphatic rings. The quantitative estimate of drug-likeness (QED) is 0.379. The molecule has 0 aromatic rings. The highest BCUT2D eigenvalue weighted by Gasteiger charge is 2.47. The Bertz CT molecular complexity index is 246. The summed E-state index contributed by atoms with van der Waals surface area (Å²) in [6.07, 6.45) is 0.362. The zero-order chi connectivity index (χ0) is 12.6. The van der Waals surface area contributed by atoms with Gasteiger partial charge in [-0.25, -0.2) is 9.59 Å². The van der Waals surface area contributed by atoms with Crippen molar-refractivity contribution in [2.75, 3.05) is 13.2 Å². The fraction of sp³-hybridized carbons (Fsp3) is 0.700. The van der Waals surface area contributed by atoms with E-state index in [9.17, 15) is 14.4 Å². The first-order valence-electron chi connectivity index (χ1n) is 5.14. The third-order valence-corrected chi connectivity index (χ3v) is 2.08. The second kappa shape index (κ2) is 6.81. The van der Waals surface area contributed by atoms with Crippen LogP contribution in [-0.2, 0) is 23.9 Å². The minimum Gasteiger partial charge on any atom is -0.464 e. The van der Waals surface area contributed by atoms with Gasteiger partial charge < -0.3 is 14.8 Å². The van der Waals surface area contributed by atoms with E-state index in [0.29, 0.717) is 0 Å². The maximum atomic E-state index is 11.7. The maximum Gasteiger partial charge on any atom is 0.343 e. The molecule has 0 fully saturated rings. The molecule has 0 unspecified atom stereocenters. The molecular formula is C10H17NO5. The number of hydrogen-bond acceptors (Lipinski definition) is 5. The van der Waals surface area contributed by atoms with Gasteiger partial charge in [0.25, 0.3) is 0 Å². The predicted octanol–water partition coefficient (Wildman–Crippen LogP) is 0.00740. The summed E-state index contributed by atoms with van der Waals surface area (Å²) in [5.74, 6) is -1.61.